The van der Waals surface area contributed by atoms with E-state index in [0.29, 0.717) is 12.3 Å². The van der Waals surface area contributed by atoms with Gasteiger partial charge in [-0.25, -0.2) is 9.97 Å². The maximum absolute atomic E-state index is 13.2. The Bertz CT molecular complexity index is 1100. The first-order chi connectivity index (χ1) is 15.2. The number of morpholine rings is 1. The first-order valence-corrected chi connectivity index (χ1v) is 11.8. The number of hydrogen-bond acceptors (Lipinski definition) is 6. The van der Waals surface area contributed by atoms with E-state index in [1.807, 2.05) is 47.4 Å². The SMILES string of the molecule is C[C@@H]1Cc2ccccc2N1C(=O)CSc1nc(CN2CCOCC2)nc2ccccc12. The first kappa shape index (κ1) is 20.4. The van der Waals surface area contributed by atoms with Crippen molar-refractivity contribution < 1.29 is 9.53 Å². The summed E-state index contributed by atoms with van der Waals surface area (Å²) in [5.41, 5.74) is 3.21. The lowest BCUT2D eigenvalue weighted by Crippen LogP contribution is -2.37. The number of benzene rings is 2. The smallest absolute Gasteiger partial charge is 0.237 e. The number of fused-ring (bicyclic) bond motifs is 2. The molecule has 0 unspecified atom stereocenters. The number of rotatable bonds is 5. The minimum Gasteiger partial charge on any atom is -0.379 e. The van der Waals surface area contributed by atoms with E-state index < -0.39 is 0 Å². The van der Waals surface area contributed by atoms with Crippen molar-refractivity contribution in [3.8, 4) is 0 Å². The lowest BCUT2D eigenvalue weighted by Gasteiger charge is -2.26. The van der Waals surface area contributed by atoms with E-state index in [-0.39, 0.29) is 11.9 Å². The fraction of sp³-hybridized carbons (Fsp3) is 0.375. The van der Waals surface area contributed by atoms with Crippen LogP contribution in [0, 0.1) is 0 Å². The Morgan fingerprint density at radius 2 is 1.87 bits per heavy atom. The summed E-state index contributed by atoms with van der Waals surface area (Å²) in [5, 5.41) is 1.88. The third-order valence-corrected chi connectivity index (χ3v) is 6.87. The zero-order valence-corrected chi connectivity index (χ0v) is 18.5. The monoisotopic (exact) mass is 434 g/mol. The Labute approximate surface area is 186 Å². The second kappa shape index (κ2) is 8.94. The van der Waals surface area contributed by atoms with Crippen molar-refractivity contribution in [3.05, 3.63) is 59.9 Å². The average molecular weight is 435 g/mol. The van der Waals surface area contributed by atoms with Gasteiger partial charge in [0.25, 0.3) is 0 Å². The Morgan fingerprint density at radius 1 is 1.10 bits per heavy atom. The molecule has 3 aromatic rings. The van der Waals surface area contributed by atoms with Crippen LogP contribution in [0.15, 0.2) is 53.6 Å². The summed E-state index contributed by atoms with van der Waals surface area (Å²) in [4.78, 5) is 27.1. The average Bonchev–Trinajstić information content (AvgIpc) is 3.13. The highest BCUT2D eigenvalue weighted by atomic mass is 32.2. The van der Waals surface area contributed by atoms with Crippen molar-refractivity contribution in [2.24, 2.45) is 0 Å². The van der Waals surface area contributed by atoms with Crippen LogP contribution in [0.4, 0.5) is 5.69 Å². The molecule has 7 heteroatoms. The Hall–Kier alpha value is -2.48. The van der Waals surface area contributed by atoms with Gasteiger partial charge in [0.05, 0.1) is 31.0 Å². The molecule has 31 heavy (non-hydrogen) atoms. The van der Waals surface area contributed by atoms with Gasteiger partial charge in [-0.2, -0.15) is 0 Å². The van der Waals surface area contributed by atoms with Crippen molar-refractivity contribution in [2.45, 2.75) is 31.0 Å². The van der Waals surface area contributed by atoms with Crippen LogP contribution >= 0.6 is 11.8 Å². The van der Waals surface area contributed by atoms with Crippen LogP contribution in [0.3, 0.4) is 0 Å². The molecule has 1 saturated heterocycles. The number of thioether (sulfide) groups is 1. The largest absolute Gasteiger partial charge is 0.379 e. The van der Waals surface area contributed by atoms with Gasteiger partial charge < -0.3 is 9.64 Å². The zero-order chi connectivity index (χ0) is 21.2. The molecule has 2 aliphatic heterocycles. The van der Waals surface area contributed by atoms with Crippen LogP contribution in [0.25, 0.3) is 10.9 Å². The topological polar surface area (TPSA) is 58.6 Å². The highest BCUT2D eigenvalue weighted by molar-refractivity contribution is 8.00. The van der Waals surface area contributed by atoms with Crippen molar-refractivity contribution in [2.75, 3.05) is 37.0 Å². The molecule has 3 heterocycles. The molecule has 1 fully saturated rings. The molecule has 0 N–H and O–H groups in total. The van der Waals surface area contributed by atoms with E-state index in [9.17, 15) is 4.79 Å². The molecule has 160 valence electrons. The second-order valence-electron chi connectivity index (χ2n) is 8.08. The number of ether oxygens (including phenoxy) is 1. The Kier molecular flexibility index (Phi) is 5.89. The fourth-order valence-corrected chi connectivity index (χ4v) is 5.28. The quantitative estimate of drug-likeness (QED) is 0.452. The van der Waals surface area contributed by atoms with E-state index >= 15 is 0 Å². The van der Waals surface area contributed by atoms with Crippen molar-refractivity contribution in [3.63, 3.8) is 0 Å². The maximum Gasteiger partial charge on any atom is 0.237 e. The van der Waals surface area contributed by atoms with E-state index in [0.717, 1.165) is 60.2 Å². The normalized spacial score (nSPS) is 19.0. The summed E-state index contributed by atoms with van der Waals surface area (Å²) in [6, 6.07) is 16.4. The second-order valence-corrected chi connectivity index (χ2v) is 9.05. The molecule has 1 amide bonds. The summed E-state index contributed by atoms with van der Waals surface area (Å²) >= 11 is 1.51. The lowest BCUT2D eigenvalue weighted by molar-refractivity contribution is -0.116. The molecule has 0 aliphatic carbocycles. The van der Waals surface area contributed by atoms with E-state index in [4.69, 9.17) is 14.7 Å². The van der Waals surface area contributed by atoms with Gasteiger partial charge in [0.2, 0.25) is 5.91 Å². The van der Waals surface area contributed by atoms with E-state index in [2.05, 4.69) is 17.9 Å². The number of anilines is 1. The number of carbonyl (C=O) groups excluding carboxylic acids is 1. The number of para-hydroxylation sites is 2. The highest BCUT2D eigenvalue weighted by Crippen LogP contribution is 2.33. The van der Waals surface area contributed by atoms with Crippen molar-refractivity contribution in [1.82, 2.24) is 14.9 Å². The predicted octanol–water partition coefficient (Wildman–Crippen LogP) is 3.53. The Morgan fingerprint density at radius 3 is 2.74 bits per heavy atom. The maximum atomic E-state index is 13.2. The van der Waals surface area contributed by atoms with Crippen LogP contribution in [-0.4, -0.2) is 58.9 Å². The third kappa shape index (κ3) is 4.31. The van der Waals surface area contributed by atoms with E-state index in [1.54, 1.807) is 0 Å². The molecule has 5 rings (SSSR count). The minimum absolute atomic E-state index is 0.125. The molecule has 6 nitrogen and oxygen atoms in total. The van der Waals surface area contributed by atoms with Crippen LogP contribution in [-0.2, 0) is 22.5 Å². The van der Waals surface area contributed by atoms with Crippen LogP contribution < -0.4 is 4.90 Å². The van der Waals surface area contributed by atoms with Crippen molar-refractivity contribution in [1.29, 1.82) is 0 Å². The molecule has 2 aromatic carbocycles. The van der Waals surface area contributed by atoms with Crippen LogP contribution in [0.2, 0.25) is 0 Å². The summed E-state index contributed by atoms with van der Waals surface area (Å²) in [6.07, 6.45) is 0.909. The van der Waals surface area contributed by atoms with Crippen molar-refractivity contribution >= 4 is 34.3 Å². The molecule has 1 atom stereocenters. The number of hydrogen-bond donors (Lipinski definition) is 0. The Balaban J connectivity index is 1.36. The van der Waals surface area contributed by atoms with Gasteiger partial charge in [-0.1, -0.05) is 48.2 Å². The zero-order valence-electron chi connectivity index (χ0n) is 17.7. The van der Waals surface area contributed by atoms with Crippen LogP contribution in [0.1, 0.15) is 18.3 Å². The van der Waals surface area contributed by atoms with Gasteiger partial charge in [-0.05, 0) is 31.0 Å². The molecule has 0 saturated carbocycles. The molecule has 0 bridgehead atoms. The summed E-state index contributed by atoms with van der Waals surface area (Å²) in [5.74, 6) is 1.28. The highest BCUT2D eigenvalue weighted by Gasteiger charge is 2.30. The number of aromatic nitrogens is 2. The molecular formula is C24H26N4O2S. The molecule has 0 spiro atoms. The number of nitrogens with zero attached hydrogens (tertiary/aromatic N) is 4. The first-order valence-electron chi connectivity index (χ1n) is 10.8. The van der Waals surface area contributed by atoms with Gasteiger partial charge in [-0.3, -0.25) is 9.69 Å². The minimum atomic E-state index is 0.125. The van der Waals surface area contributed by atoms with Gasteiger partial charge in [0, 0.05) is 30.2 Å². The molecular weight excluding hydrogens is 408 g/mol. The summed E-state index contributed by atoms with van der Waals surface area (Å²) in [7, 11) is 0. The predicted molar refractivity (Wildman–Crippen MR) is 123 cm³/mol. The summed E-state index contributed by atoms with van der Waals surface area (Å²) in [6.45, 7) is 6.10. The van der Waals surface area contributed by atoms with Gasteiger partial charge >= 0.3 is 0 Å². The standard InChI is InChI=1S/C24H26N4O2S/c1-17-14-18-6-2-5-9-21(18)28(17)23(29)16-31-24-19-7-3-4-8-20(19)25-22(26-24)15-27-10-12-30-13-11-27/h2-9,17H,10-16H2,1H3/t17-/m1/s1. The van der Waals surface area contributed by atoms with Gasteiger partial charge in [0.1, 0.15) is 10.9 Å². The lowest BCUT2D eigenvalue weighted by atomic mass is 10.1. The fourth-order valence-electron chi connectivity index (χ4n) is 4.38. The van der Waals surface area contributed by atoms with Crippen LogP contribution in [0.5, 0.6) is 0 Å². The van der Waals surface area contributed by atoms with Gasteiger partial charge in [0.15, 0.2) is 0 Å². The number of amides is 1. The third-order valence-electron chi connectivity index (χ3n) is 5.89. The molecule has 0 radical (unpaired) electrons. The summed E-state index contributed by atoms with van der Waals surface area (Å²) < 4.78 is 5.45. The molecule has 2 aliphatic rings. The van der Waals surface area contributed by atoms with E-state index in [1.165, 1.54) is 17.3 Å². The molecule has 1 aromatic heterocycles. The van der Waals surface area contributed by atoms with Gasteiger partial charge in [-0.15, -0.1) is 0 Å². The number of carbonyl (C=O) groups is 1.